The normalized spacial score (nSPS) is 34.6. The quantitative estimate of drug-likeness (QED) is 0.873. The molecule has 5 rings (SSSR count). The lowest BCUT2D eigenvalue weighted by molar-refractivity contribution is 0.0106. The molecule has 1 aromatic rings. The Hall–Kier alpha value is -1.52. The number of rotatable bonds is 5. The van der Waals surface area contributed by atoms with Crippen molar-refractivity contribution in [3.63, 3.8) is 0 Å². The molecule has 0 atom stereocenters. The molecular weight excluding hydrogens is 286 g/mol. The molecule has 1 heterocycles. The number of anilines is 3. The number of aromatic nitrogens is 2. The monoisotopic (exact) mass is 315 g/mol. The van der Waals surface area contributed by atoms with Gasteiger partial charge in [0.05, 0.1) is 0 Å². The van der Waals surface area contributed by atoms with Gasteiger partial charge in [-0.15, -0.1) is 0 Å². The molecule has 0 radical (unpaired) electrons. The summed E-state index contributed by atoms with van der Waals surface area (Å²) in [5, 5.41) is 3.80. The topological polar surface area (TPSA) is 67.1 Å². The fraction of sp³-hybridized carbons (Fsp3) is 0.778. The number of nitrogens with one attached hydrogen (secondary N) is 1. The molecule has 23 heavy (non-hydrogen) atoms. The van der Waals surface area contributed by atoms with E-state index in [1.165, 1.54) is 38.5 Å². The molecular formula is C18H29N5. The van der Waals surface area contributed by atoms with Crippen LogP contribution in [0, 0.1) is 17.8 Å². The lowest BCUT2D eigenvalue weighted by Gasteiger charge is -2.57. The van der Waals surface area contributed by atoms with Crippen molar-refractivity contribution in [3.05, 3.63) is 6.33 Å². The second-order valence-corrected chi connectivity index (χ2v) is 7.95. The third-order valence-corrected chi connectivity index (χ3v) is 6.35. The van der Waals surface area contributed by atoms with Crippen LogP contribution in [0.2, 0.25) is 0 Å². The Labute approximate surface area is 139 Å². The van der Waals surface area contributed by atoms with Crippen molar-refractivity contribution in [1.82, 2.24) is 9.97 Å². The Kier molecular flexibility index (Phi) is 3.62. The van der Waals surface area contributed by atoms with Crippen molar-refractivity contribution < 1.29 is 0 Å². The first-order valence-electron chi connectivity index (χ1n) is 9.26. The second-order valence-electron chi connectivity index (χ2n) is 7.95. The van der Waals surface area contributed by atoms with E-state index in [9.17, 15) is 0 Å². The van der Waals surface area contributed by atoms with E-state index < -0.39 is 0 Å². The fourth-order valence-electron chi connectivity index (χ4n) is 5.78. The summed E-state index contributed by atoms with van der Waals surface area (Å²) >= 11 is 0. The van der Waals surface area contributed by atoms with Crippen LogP contribution in [0.1, 0.15) is 52.4 Å². The maximum atomic E-state index is 6.44. The smallest absolute Gasteiger partial charge is 0.157 e. The van der Waals surface area contributed by atoms with E-state index in [1.54, 1.807) is 6.33 Å². The van der Waals surface area contributed by atoms with E-state index in [4.69, 9.17) is 5.73 Å². The molecule has 4 saturated carbocycles. The molecule has 0 spiro atoms. The predicted octanol–water partition coefficient (Wildman–Crippen LogP) is 3.29. The van der Waals surface area contributed by atoms with Gasteiger partial charge >= 0.3 is 0 Å². The van der Waals surface area contributed by atoms with Gasteiger partial charge in [-0.2, -0.15) is 0 Å². The first-order chi connectivity index (χ1) is 11.1. The summed E-state index contributed by atoms with van der Waals surface area (Å²) in [6.45, 7) is 6.09. The van der Waals surface area contributed by atoms with Gasteiger partial charge in [-0.3, -0.25) is 0 Å². The van der Waals surface area contributed by atoms with Crippen LogP contribution in [0.15, 0.2) is 6.33 Å². The minimum absolute atomic E-state index is 0.234. The average Bonchev–Trinajstić information content (AvgIpc) is 2.50. The molecule has 0 aliphatic heterocycles. The Morgan fingerprint density at radius 3 is 2.17 bits per heavy atom. The zero-order valence-electron chi connectivity index (χ0n) is 14.4. The Morgan fingerprint density at radius 2 is 1.65 bits per heavy atom. The van der Waals surface area contributed by atoms with Gasteiger partial charge in [-0.05, 0) is 70.1 Å². The summed E-state index contributed by atoms with van der Waals surface area (Å²) in [6, 6.07) is 0. The van der Waals surface area contributed by atoms with Crippen LogP contribution >= 0.6 is 0 Å². The van der Waals surface area contributed by atoms with Gasteiger partial charge in [-0.25, -0.2) is 9.97 Å². The lowest BCUT2D eigenvalue weighted by Crippen LogP contribution is -2.55. The van der Waals surface area contributed by atoms with E-state index >= 15 is 0 Å². The molecule has 0 unspecified atom stereocenters. The molecule has 0 saturated heterocycles. The van der Waals surface area contributed by atoms with Crippen LogP contribution in [-0.4, -0.2) is 28.6 Å². The van der Waals surface area contributed by atoms with E-state index in [1.807, 2.05) is 0 Å². The van der Waals surface area contributed by atoms with Gasteiger partial charge in [0, 0.05) is 18.6 Å². The minimum atomic E-state index is 0.234. The number of hydrogen-bond acceptors (Lipinski definition) is 5. The zero-order chi connectivity index (χ0) is 16.0. The van der Waals surface area contributed by atoms with Crippen molar-refractivity contribution in [2.75, 3.05) is 29.0 Å². The summed E-state index contributed by atoms with van der Waals surface area (Å²) < 4.78 is 0. The largest absolute Gasteiger partial charge is 0.393 e. The summed E-state index contributed by atoms with van der Waals surface area (Å²) in [6.07, 6.45) is 9.89. The van der Waals surface area contributed by atoms with Crippen molar-refractivity contribution in [3.8, 4) is 0 Å². The van der Waals surface area contributed by atoms with Gasteiger partial charge < -0.3 is 16.0 Å². The number of nitrogen functional groups attached to an aromatic ring is 1. The number of nitrogens with two attached hydrogens (primary N) is 1. The van der Waals surface area contributed by atoms with Gasteiger partial charge in [-0.1, -0.05) is 0 Å². The highest BCUT2D eigenvalue weighted by Crippen LogP contribution is 2.56. The van der Waals surface area contributed by atoms with E-state index in [0.29, 0.717) is 5.69 Å². The molecule has 5 heteroatoms. The van der Waals surface area contributed by atoms with Gasteiger partial charge in [0.1, 0.15) is 12.0 Å². The fourth-order valence-corrected chi connectivity index (χ4v) is 5.78. The zero-order valence-corrected chi connectivity index (χ0v) is 14.4. The standard InChI is InChI=1S/C18H29N5/c1-3-23(4-2)17-15(19)16(20-11-21-17)22-18-8-12-5-13(9-18)7-14(6-12)10-18/h11-14H,3-10,19H2,1-2H3,(H,20,21,22). The van der Waals surface area contributed by atoms with Crippen molar-refractivity contribution in [2.24, 2.45) is 17.8 Å². The minimum Gasteiger partial charge on any atom is -0.393 e. The van der Waals surface area contributed by atoms with Crippen molar-refractivity contribution in [1.29, 1.82) is 0 Å². The van der Waals surface area contributed by atoms with E-state index in [2.05, 4.69) is 34.0 Å². The highest BCUT2D eigenvalue weighted by molar-refractivity contribution is 5.75. The average molecular weight is 315 g/mol. The Bertz CT molecular complexity index is 545. The highest BCUT2D eigenvalue weighted by Gasteiger charge is 2.51. The maximum Gasteiger partial charge on any atom is 0.157 e. The molecule has 4 fully saturated rings. The maximum absolute atomic E-state index is 6.44. The highest BCUT2D eigenvalue weighted by atomic mass is 15.2. The summed E-state index contributed by atoms with van der Waals surface area (Å²) in [7, 11) is 0. The molecule has 4 aliphatic rings. The van der Waals surface area contributed by atoms with Gasteiger partial charge in [0.25, 0.3) is 0 Å². The SMILES string of the molecule is CCN(CC)c1ncnc(NC23CC4CC(CC(C4)C2)C3)c1N. The third-order valence-electron chi connectivity index (χ3n) is 6.35. The number of hydrogen-bond donors (Lipinski definition) is 2. The van der Waals surface area contributed by atoms with Crippen LogP contribution in [-0.2, 0) is 0 Å². The van der Waals surface area contributed by atoms with E-state index in [-0.39, 0.29) is 5.54 Å². The Morgan fingerprint density at radius 1 is 1.09 bits per heavy atom. The van der Waals surface area contributed by atoms with Gasteiger partial charge in [0.15, 0.2) is 11.6 Å². The van der Waals surface area contributed by atoms with Crippen LogP contribution in [0.3, 0.4) is 0 Å². The molecule has 126 valence electrons. The predicted molar refractivity (Wildman–Crippen MR) is 94.5 cm³/mol. The summed E-state index contributed by atoms with van der Waals surface area (Å²) in [5.41, 5.74) is 7.38. The van der Waals surface area contributed by atoms with Crippen LogP contribution < -0.4 is 16.0 Å². The molecule has 0 amide bonds. The van der Waals surface area contributed by atoms with E-state index in [0.717, 1.165) is 42.5 Å². The molecule has 4 aliphatic carbocycles. The van der Waals surface area contributed by atoms with Gasteiger partial charge in [0.2, 0.25) is 0 Å². The summed E-state index contributed by atoms with van der Waals surface area (Å²) in [5.74, 6) is 4.47. The molecule has 3 N–H and O–H groups in total. The first-order valence-corrected chi connectivity index (χ1v) is 9.26. The number of nitrogens with zero attached hydrogens (tertiary/aromatic N) is 3. The second kappa shape index (κ2) is 5.53. The van der Waals surface area contributed by atoms with Crippen LogP contribution in [0.5, 0.6) is 0 Å². The lowest BCUT2D eigenvalue weighted by atomic mass is 9.53. The molecule has 4 bridgehead atoms. The van der Waals surface area contributed by atoms with Crippen LogP contribution in [0.25, 0.3) is 0 Å². The van der Waals surface area contributed by atoms with Crippen molar-refractivity contribution >= 4 is 17.3 Å². The molecule has 5 nitrogen and oxygen atoms in total. The molecule has 0 aromatic carbocycles. The summed E-state index contributed by atoms with van der Waals surface area (Å²) in [4.78, 5) is 11.1. The molecule has 1 aromatic heterocycles. The third kappa shape index (κ3) is 2.54. The Balaban J connectivity index is 1.61. The van der Waals surface area contributed by atoms with Crippen LogP contribution in [0.4, 0.5) is 17.3 Å². The van der Waals surface area contributed by atoms with Crippen molar-refractivity contribution in [2.45, 2.75) is 57.9 Å². The first kappa shape index (κ1) is 15.0.